The molecule has 0 unspecified atom stereocenters. The highest BCUT2D eigenvalue weighted by Gasteiger charge is 2.15. The van der Waals surface area contributed by atoms with Crippen molar-refractivity contribution in [2.24, 2.45) is 0 Å². The van der Waals surface area contributed by atoms with E-state index in [0.717, 1.165) is 12.3 Å². The lowest BCUT2D eigenvalue weighted by atomic mass is 10.2. The van der Waals surface area contributed by atoms with Gasteiger partial charge in [0.1, 0.15) is 23.1 Å². The molecule has 0 spiro atoms. The first-order valence-electron chi connectivity index (χ1n) is 5.56. The van der Waals surface area contributed by atoms with Gasteiger partial charge in [0, 0.05) is 6.20 Å². The van der Waals surface area contributed by atoms with Gasteiger partial charge < -0.3 is 9.84 Å². The predicted molar refractivity (Wildman–Crippen MR) is 69.1 cm³/mol. The number of benzene rings is 1. The Morgan fingerprint density at radius 3 is 2.71 bits per heavy atom. The molecule has 2 aromatic rings. The number of ether oxygens (including phenoxy) is 1. The minimum absolute atomic E-state index is 0.0735. The van der Waals surface area contributed by atoms with Crippen LogP contribution in [0.3, 0.4) is 0 Å². The van der Waals surface area contributed by atoms with E-state index < -0.39 is 16.6 Å². The molecule has 1 heterocycles. The molecule has 0 aliphatic carbocycles. The summed E-state index contributed by atoms with van der Waals surface area (Å²) in [5.41, 5.74) is -0.558. The van der Waals surface area contributed by atoms with Gasteiger partial charge in [0.05, 0.1) is 22.7 Å². The monoisotopic (exact) mass is 285 g/mol. The van der Waals surface area contributed by atoms with E-state index in [-0.39, 0.29) is 22.6 Å². The van der Waals surface area contributed by atoms with Crippen molar-refractivity contribution >= 4 is 11.7 Å². The van der Waals surface area contributed by atoms with Crippen LogP contribution >= 0.6 is 0 Å². The Morgan fingerprint density at radius 1 is 1.33 bits per heavy atom. The number of carbonyl (C=O) groups is 1. The number of hydrogen-bond donors (Lipinski definition) is 1. The van der Waals surface area contributed by atoms with Gasteiger partial charge in [-0.25, -0.2) is 4.79 Å². The van der Waals surface area contributed by atoms with E-state index in [2.05, 4.69) is 4.98 Å². The van der Waals surface area contributed by atoms with E-state index in [1.807, 2.05) is 0 Å². The summed E-state index contributed by atoms with van der Waals surface area (Å²) in [5.74, 6) is -0.947. The SMILES string of the molecule is N#Cc1ccc(Oc2cncc(C(=O)O)c2)cc1[N+](=O)[O-]. The van der Waals surface area contributed by atoms with Crippen LogP contribution in [0, 0.1) is 21.4 Å². The van der Waals surface area contributed by atoms with E-state index in [1.54, 1.807) is 6.07 Å². The standard InChI is InChI=1S/C13H7N3O5/c14-5-8-1-2-10(4-12(8)16(19)20)21-11-3-9(13(17)18)6-15-7-11/h1-4,6-7H,(H,17,18). The number of nitro groups is 1. The Morgan fingerprint density at radius 2 is 2.10 bits per heavy atom. The molecule has 1 aromatic carbocycles. The maximum Gasteiger partial charge on any atom is 0.337 e. The molecule has 1 aromatic heterocycles. The van der Waals surface area contributed by atoms with Crippen molar-refractivity contribution < 1.29 is 19.6 Å². The minimum atomic E-state index is -1.17. The zero-order chi connectivity index (χ0) is 15.4. The number of hydrogen-bond acceptors (Lipinski definition) is 6. The normalized spacial score (nSPS) is 9.67. The topological polar surface area (TPSA) is 126 Å². The summed E-state index contributed by atoms with van der Waals surface area (Å²) in [6.45, 7) is 0. The third-order valence-electron chi connectivity index (χ3n) is 2.48. The van der Waals surface area contributed by atoms with Crippen LogP contribution in [0.25, 0.3) is 0 Å². The molecule has 21 heavy (non-hydrogen) atoms. The molecule has 0 bridgehead atoms. The average Bonchev–Trinajstić information content (AvgIpc) is 2.47. The van der Waals surface area contributed by atoms with Crippen molar-refractivity contribution in [1.29, 1.82) is 5.26 Å². The second kappa shape index (κ2) is 5.66. The Bertz CT molecular complexity index is 767. The summed E-state index contributed by atoms with van der Waals surface area (Å²) in [7, 11) is 0. The van der Waals surface area contributed by atoms with Gasteiger partial charge in [0.15, 0.2) is 0 Å². The molecule has 0 saturated heterocycles. The van der Waals surface area contributed by atoms with E-state index in [0.29, 0.717) is 0 Å². The fourth-order valence-electron chi connectivity index (χ4n) is 1.55. The second-order valence-electron chi connectivity index (χ2n) is 3.86. The summed E-state index contributed by atoms with van der Waals surface area (Å²) in [4.78, 5) is 24.7. The van der Waals surface area contributed by atoms with E-state index in [1.165, 1.54) is 24.4 Å². The van der Waals surface area contributed by atoms with Crippen molar-refractivity contribution in [3.63, 3.8) is 0 Å². The van der Waals surface area contributed by atoms with Crippen LogP contribution in [0.4, 0.5) is 5.69 Å². The molecular formula is C13H7N3O5. The first-order valence-corrected chi connectivity index (χ1v) is 5.56. The van der Waals surface area contributed by atoms with Crippen molar-refractivity contribution in [2.45, 2.75) is 0 Å². The van der Waals surface area contributed by atoms with Gasteiger partial charge in [-0.2, -0.15) is 5.26 Å². The van der Waals surface area contributed by atoms with Gasteiger partial charge in [0.25, 0.3) is 5.69 Å². The first-order chi connectivity index (χ1) is 10.0. The number of carboxylic acid groups (broad SMARTS) is 1. The number of pyridine rings is 1. The van der Waals surface area contributed by atoms with Crippen molar-refractivity contribution in [1.82, 2.24) is 4.98 Å². The number of nitro benzene ring substituents is 1. The molecule has 0 amide bonds. The molecule has 0 fully saturated rings. The van der Waals surface area contributed by atoms with Crippen LogP contribution in [0.2, 0.25) is 0 Å². The fourth-order valence-corrected chi connectivity index (χ4v) is 1.55. The molecule has 1 N–H and O–H groups in total. The molecule has 0 radical (unpaired) electrons. The average molecular weight is 285 g/mol. The lowest BCUT2D eigenvalue weighted by Crippen LogP contribution is -1.98. The molecule has 2 rings (SSSR count). The van der Waals surface area contributed by atoms with Crippen molar-refractivity contribution in [3.8, 4) is 17.6 Å². The number of nitriles is 1. The van der Waals surface area contributed by atoms with E-state index in [9.17, 15) is 14.9 Å². The molecule has 104 valence electrons. The third-order valence-corrected chi connectivity index (χ3v) is 2.48. The summed E-state index contributed by atoms with van der Waals surface area (Å²) < 4.78 is 5.32. The molecule has 0 saturated carbocycles. The Hall–Kier alpha value is -3.47. The maximum absolute atomic E-state index is 10.8. The van der Waals surface area contributed by atoms with Crippen LogP contribution in [0.1, 0.15) is 15.9 Å². The Balaban J connectivity index is 2.34. The largest absolute Gasteiger partial charge is 0.478 e. The van der Waals surface area contributed by atoms with Crippen LogP contribution in [0.15, 0.2) is 36.7 Å². The lowest BCUT2D eigenvalue weighted by molar-refractivity contribution is -0.385. The molecular weight excluding hydrogens is 278 g/mol. The minimum Gasteiger partial charge on any atom is -0.478 e. The van der Waals surface area contributed by atoms with Gasteiger partial charge in [-0.1, -0.05) is 0 Å². The smallest absolute Gasteiger partial charge is 0.337 e. The molecule has 8 heteroatoms. The van der Waals surface area contributed by atoms with Crippen molar-refractivity contribution in [2.75, 3.05) is 0 Å². The molecule has 0 aliphatic rings. The quantitative estimate of drug-likeness (QED) is 0.674. The van der Waals surface area contributed by atoms with Gasteiger partial charge in [-0.15, -0.1) is 0 Å². The van der Waals surface area contributed by atoms with Gasteiger partial charge in [0.2, 0.25) is 0 Å². The highest BCUT2D eigenvalue weighted by Crippen LogP contribution is 2.28. The molecule has 0 aliphatic heterocycles. The first kappa shape index (κ1) is 14.0. The number of rotatable bonds is 4. The van der Waals surface area contributed by atoms with Crippen LogP contribution < -0.4 is 4.74 Å². The zero-order valence-electron chi connectivity index (χ0n) is 10.4. The number of nitrogens with zero attached hydrogens (tertiary/aromatic N) is 3. The second-order valence-corrected chi connectivity index (χ2v) is 3.86. The third kappa shape index (κ3) is 3.10. The maximum atomic E-state index is 10.8. The van der Waals surface area contributed by atoms with E-state index >= 15 is 0 Å². The summed E-state index contributed by atoms with van der Waals surface area (Å²) in [5, 5.41) is 28.5. The number of aromatic carboxylic acids is 1. The van der Waals surface area contributed by atoms with E-state index in [4.69, 9.17) is 15.1 Å². The lowest BCUT2D eigenvalue weighted by Gasteiger charge is -2.06. The summed E-state index contributed by atoms with van der Waals surface area (Å²) in [6.07, 6.45) is 2.42. The van der Waals surface area contributed by atoms with Crippen LogP contribution in [-0.4, -0.2) is 21.0 Å². The number of carboxylic acids is 1. The fraction of sp³-hybridized carbons (Fsp3) is 0. The van der Waals surface area contributed by atoms with Gasteiger partial charge >= 0.3 is 5.97 Å². The van der Waals surface area contributed by atoms with Crippen LogP contribution in [0.5, 0.6) is 11.5 Å². The molecule has 0 atom stereocenters. The highest BCUT2D eigenvalue weighted by atomic mass is 16.6. The van der Waals surface area contributed by atoms with Crippen LogP contribution in [-0.2, 0) is 0 Å². The molecule has 8 nitrogen and oxygen atoms in total. The number of aromatic nitrogens is 1. The van der Waals surface area contributed by atoms with Crippen molar-refractivity contribution in [3.05, 3.63) is 57.9 Å². The highest BCUT2D eigenvalue weighted by molar-refractivity contribution is 5.87. The van der Waals surface area contributed by atoms with Gasteiger partial charge in [-0.05, 0) is 18.2 Å². The Kier molecular flexibility index (Phi) is 3.76. The zero-order valence-corrected chi connectivity index (χ0v) is 10.4. The predicted octanol–water partition coefficient (Wildman–Crippen LogP) is 2.35. The van der Waals surface area contributed by atoms with Gasteiger partial charge in [-0.3, -0.25) is 15.1 Å². The summed E-state index contributed by atoms with van der Waals surface area (Å²) >= 11 is 0. The summed E-state index contributed by atoms with van der Waals surface area (Å²) in [6, 6.07) is 6.66. The Labute approximate surface area is 118 Å².